The number of pyridine rings is 1. The molecule has 0 bridgehead atoms. The van der Waals surface area contributed by atoms with Crippen molar-refractivity contribution in [3.05, 3.63) is 90.5 Å². The lowest BCUT2D eigenvalue weighted by molar-refractivity contribution is 0.262. The van der Waals surface area contributed by atoms with E-state index in [4.69, 9.17) is 0 Å². The van der Waals surface area contributed by atoms with Crippen LogP contribution in [-0.4, -0.2) is 20.8 Å². The molecule has 2 N–H and O–H groups in total. The lowest BCUT2D eigenvalue weighted by Gasteiger charge is -2.09. The molecule has 6 nitrogen and oxygen atoms in total. The van der Waals surface area contributed by atoms with E-state index in [2.05, 4.69) is 20.7 Å². The van der Waals surface area contributed by atoms with Gasteiger partial charge in [-0.05, 0) is 61.4 Å². The van der Waals surface area contributed by atoms with Crippen LogP contribution in [0.5, 0.6) is 0 Å². The topological polar surface area (TPSA) is 71.8 Å². The molecular formula is C23H21N5O. The first-order chi connectivity index (χ1) is 14.1. The van der Waals surface area contributed by atoms with Crippen LogP contribution in [0.2, 0.25) is 0 Å². The van der Waals surface area contributed by atoms with Gasteiger partial charge in [0.25, 0.3) is 0 Å². The summed E-state index contributed by atoms with van der Waals surface area (Å²) in [5.41, 5.74) is 6.31. The second kappa shape index (κ2) is 7.98. The number of para-hydroxylation sites is 1. The first kappa shape index (κ1) is 18.4. The highest BCUT2D eigenvalue weighted by Gasteiger charge is 2.11. The van der Waals surface area contributed by atoms with Gasteiger partial charge in [-0.2, -0.15) is 5.10 Å². The Labute approximate surface area is 169 Å². The normalized spacial score (nSPS) is 10.6. The number of amides is 2. The Hall–Kier alpha value is -3.93. The molecule has 0 radical (unpaired) electrons. The fourth-order valence-corrected chi connectivity index (χ4v) is 3.12. The number of urea groups is 1. The van der Waals surface area contributed by atoms with E-state index in [9.17, 15) is 4.79 Å². The van der Waals surface area contributed by atoms with Crippen LogP contribution in [0.25, 0.3) is 16.8 Å². The van der Waals surface area contributed by atoms with Crippen LogP contribution >= 0.6 is 0 Å². The zero-order valence-electron chi connectivity index (χ0n) is 16.3. The van der Waals surface area contributed by atoms with E-state index in [1.54, 1.807) is 17.1 Å². The highest BCUT2D eigenvalue weighted by atomic mass is 16.2. The average Bonchev–Trinajstić information content (AvgIpc) is 3.09. The number of aryl methyl sites for hydroxylation is 1. The van der Waals surface area contributed by atoms with Gasteiger partial charge in [-0.3, -0.25) is 4.98 Å². The average molecular weight is 383 g/mol. The Morgan fingerprint density at radius 1 is 0.897 bits per heavy atom. The predicted octanol–water partition coefficient (Wildman–Crippen LogP) is 5.20. The maximum atomic E-state index is 12.4. The molecule has 2 aromatic heterocycles. The van der Waals surface area contributed by atoms with Gasteiger partial charge in [0.2, 0.25) is 0 Å². The third-order valence-corrected chi connectivity index (χ3v) is 4.63. The molecule has 2 heterocycles. The van der Waals surface area contributed by atoms with Gasteiger partial charge in [0.1, 0.15) is 0 Å². The highest BCUT2D eigenvalue weighted by molar-refractivity contribution is 6.00. The number of carbonyl (C=O) groups excluding carboxylic acids is 1. The van der Waals surface area contributed by atoms with E-state index >= 15 is 0 Å². The summed E-state index contributed by atoms with van der Waals surface area (Å²) < 4.78 is 1.79. The number of nitrogens with zero attached hydrogens (tertiary/aromatic N) is 3. The first-order valence-electron chi connectivity index (χ1n) is 9.31. The minimum absolute atomic E-state index is 0.312. The predicted molar refractivity (Wildman–Crippen MR) is 115 cm³/mol. The van der Waals surface area contributed by atoms with Crippen molar-refractivity contribution in [1.82, 2.24) is 14.8 Å². The zero-order valence-corrected chi connectivity index (χ0v) is 16.3. The summed E-state index contributed by atoms with van der Waals surface area (Å²) >= 11 is 0. The van der Waals surface area contributed by atoms with Crippen molar-refractivity contribution in [3.8, 4) is 16.8 Å². The van der Waals surface area contributed by atoms with E-state index in [0.29, 0.717) is 11.4 Å². The van der Waals surface area contributed by atoms with Gasteiger partial charge in [0.05, 0.1) is 23.3 Å². The zero-order chi connectivity index (χ0) is 20.2. The molecule has 0 fully saturated rings. The van der Waals surface area contributed by atoms with Gasteiger partial charge in [0.15, 0.2) is 0 Å². The van der Waals surface area contributed by atoms with Gasteiger partial charge in [-0.1, -0.05) is 30.3 Å². The van der Waals surface area contributed by atoms with Gasteiger partial charge >= 0.3 is 6.03 Å². The third-order valence-electron chi connectivity index (χ3n) is 4.63. The molecule has 2 amide bonds. The molecule has 0 unspecified atom stereocenters. The van der Waals surface area contributed by atoms with Crippen molar-refractivity contribution in [1.29, 1.82) is 0 Å². The summed E-state index contributed by atoms with van der Waals surface area (Å²) in [4.78, 5) is 16.6. The number of anilines is 2. The molecular weight excluding hydrogens is 362 g/mol. The number of nitrogens with one attached hydrogen (secondary N) is 2. The van der Waals surface area contributed by atoms with E-state index < -0.39 is 0 Å². The molecule has 0 saturated heterocycles. The molecule has 0 aliphatic rings. The van der Waals surface area contributed by atoms with E-state index in [0.717, 1.165) is 28.2 Å². The fourth-order valence-electron chi connectivity index (χ4n) is 3.12. The van der Waals surface area contributed by atoms with Crippen molar-refractivity contribution in [2.24, 2.45) is 0 Å². The molecule has 144 valence electrons. The minimum atomic E-state index is -0.312. The summed E-state index contributed by atoms with van der Waals surface area (Å²) in [6.07, 6.45) is 3.44. The van der Waals surface area contributed by atoms with Crippen molar-refractivity contribution in [2.45, 2.75) is 13.8 Å². The lowest BCUT2D eigenvalue weighted by Crippen LogP contribution is -2.19. The van der Waals surface area contributed by atoms with Crippen molar-refractivity contribution >= 4 is 17.4 Å². The summed E-state index contributed by atoms with van der Waals surface area (Å²) in [5.74, 6) is 0. The molecule has 0 spiro atoms. The molecule has 0 aliphatic carbocycles. The van der Waals surface area contributed by atoms with Crippen LogP contribution in [0.15, 0.2) is 79.1 Å². The van der Waals surface area contributed by atoms with E-state index in [1.165, 1.54) is 0 Å². The number of carbonyl (C=O) groups is 1. The minimum Gasteiger partial charge on any atom is -0.308 e. The van der Waals surface area contributed by atoms with Gasteiger partial charge < -0.3 is 10.6 Å². The Balaban J connectivity index is 1.43. The van der Waals surface area contributed by atoms with Crippen LogP contribution in [0.1, 0.15) is 11.4 Å². The third kappa shape index (κ3) is 4.16. The maximum absolute atomic E-state index is 12.4. The monoisotopic (exact) mass is 383 g/mol. The second-order valence-corrected chi connectivity index (χ2v) is 6.73. The quantitative estimate of drug-likeness (QED) is 0.509. The number of hydrogen-bond donors (Lipinski definition) is 2. The smallest absolute Gasteiger partial charge is 0.308 e. The fraction of sp³-hybridized carbons (Fsp3) is 0.0870. The van der Waals surface area contributed by atoms with Crippen molar-refractivity contribution in [3.63, 3.8) is 0 Å². The SMILES string of the molecule is Cc1cc(-c2ccc(NC(=O)Nc3cnn(-c4ccccc4)c3C)cc2)ccn1. The maximum Gasteiger partial charge on any atom is 0.323 e. The Kier molecular flexibility index (Phi) is 5.07. The lowest BCUT2D eigenvalue weighted by atomic mass is 10.1. The molecule has 29 heavy (non-hydrogen) atoms. The van der Waals surface area contributed by atoms with Crippen LogP contribution in [0, 0.1) is 13.8 Å². The number of rotatable bonds is 4. The van der Waals surface area contributed by atoms with Gasteiger partial charge in [-0.25, -0.2) is 9.48 Å². The van der Waals surface area contributed by atoms with Crippen LogP contribution in [0.3, 0.4) is 0 Å². The molecule has 2 aromatic carbocycles. The van der Waals surface area contributed by atoms with Crippen molar-refractivity contribution < 1.29 is 4.79 Å². The van der Waals surface area contributed by atoms with Gasteiger partial charge in [0, 0.05) is 17.6 Å². The summed E-state index contributed by atoms with van der Waals surface area (Å²) in [5, 5.41) is 10.1. The van der Waals surface area contributed by atoms with Crippen LogP contribution in [0.4, 0.5) is 16.2 Å². The van der Waals surface area contributed by atoms with Crippen molar-refractivity contribution in [2.75, 3.05) is 10.6 Å². The van der Waals surface area contributed by atoms with Gasteiger partial charge in [-0.15, -0.1) is 0 Å². The highest BCUT2D eigenvalue weighted by Crippen LogP contribution is 2.22. The first-order valence-corrected chi connectivity index (χ1v) is 9.31. The Bertz CT molecular complexity index is 1130. The summed E-state index contributed by atoms with van der Waals surface area (Å²) in [6.45, 7) is 3.88. The molecule has 0 saturated carbocycles. The standard InChI is InChI=1S/C23H21N5O/c1-16-14-19(12-13-24-16)18-8-10-20(11-9-18)26-23(29)27-22-15-25-28(17(22)2)21-6-4-3-5-7-21/h3-15H,1-2H3,(H2,26,27,29). The largest absolute Gasteiger partial charge is 0.323 e. The Morgan fingerprint density at radius 3 is 2.38 bits per heavy atom. The molecule has 4 aromatic rings. The van der Waals surface area contributed by atoms with Crippen LogP contribution < -0.4 is 10.6 Å². The van der Waals surface area contributed by atoms with E-state index in [-0.39, 0.29) is 6.03 Å². The molecule has 0 atom stereocenters. The van der Waals surface area contributed by atoms with E-state index in [1.807, 2.05) is 80.6 Å². The number of benzene rings is 2. The molecule has 0 aliphatic heterocycles. The number of hydrogen-bond acceptors (Lipinski definition) is 3. The summed E-state index contributed by atoms with van der Waals surface area (Å²) in [6, 6.07) is 21.2. The van der Waals surface area contributed by atoms with Crippen LogP contribution in [-0.2, 0) is 0 Å². The molecule has 6 heteroatoms. The summed E-state index contributed by atoms with van der Waals surface area (Å²) in [7, 11) is 0. The Morgan fingerprint density at radius 2 is 1.66 bits per heavy atom. The molecule has 4 rings (SSSR count). The second-order valence-electron chi connectivity index (χ2n) is 6.73. The number of aromatic nitrogens is 3.